The standard InChI is InChI=1S/C23H21NO6S2/c25-23(26)30-17-10-11-21-20(14-17)22(19-9-5-4-6-16(19)15-29-21)31-13-12-24-32(27,28)18-7-2-1-3-8-18/h1-11,14,22,24H,12-13,15H2,(H,25,26). The molecule has 4 rings (SSSR count). The highest BCUT2D eigenvalue weighted by molar-refractivity contribution is 7.99. The maximum absolute atomic E-state index is 12.5. The Morgan fingerprint density at radius 3 is 2.59 bits per heavy atom. The maximum atomic E-state index is 12.5. The Bertz CT molecular complexity index is 1210. The zero-order valence-electron chi connectivity index (χ0n) is 16.9. The summed E-state index contributed by atoms with van der Waals surface area (Å²) in [5, 5.41) is 8.79. The molecule has 1 heterocycles. The molecular weight excluding hydrogens is 450 g/mol. The van der Waals surface area contributed by atoms with E-state index in [1.165, 1.54) is 0 Å². The van der Waals surface area contributed by atoms with Crippen molar-refractivity contribution >= 4 is 27.9 Å². The van der Waals surface area contributed by atoms with Crippen LogP contribution in [0.2, 0.25) is 0 Å². The molecule has 0 saturated heterocycles. The fourth-order valence-electron chi connectivity index (χ4n) is 3.49. The highest BCUT2D eigenvalue weighted by Gasteiger charge is 2.26. The SMILES string of the molecule is O=C(O)Oc1ccc2c(c1)C(SCCNS(=O)(=O)c1ccccc1)c1ccccc1CO2. The Morgan fingerprint density at radius 1 is 1.06 bits per heavy atom. The van der Waals surface area contributed by atoms with E-state index in [0.717, 1.165) is 16.7 Å². The van der Waals surface area contributed by atoms with Gasteiger partial charge in [0.15, 0.2) is 0 Å². The summed E-state index contributed by atoms with van der Waals surface area (Å²) in [5.74, 6) is 1.34. The molecule has 0 aliphatic carbocycles. The number of carbonyl (C=O) groups is 1. The van der Waals surface area contributed by atoms with Gasteiger partial charge in [-0.2, -0.15) is 0 Å². The van der Waals surface area contributed by atoms with Gasteiger partial charge in [-0.25, -0.2) is 17.9 Å². The number of rotatable bonds is 7. The monoisotopic (exact) mass is 471 g/mol. The van der Waals surface area contributed by atoms with Crippen molar-refractivity contribution in [3.63, 3.8) is 0 Å². The maximum Gasteiger partial charge on any atom is 0.511 e. The van der Waals surface area contributed by atoms with E-state index in [2.05, 4.69) is 4.72 Å². The summed E-state index contributed by atoms with van der Waals surface area (Å²) in [4.78, 5) is 11.2. The van der Waals surface area contributed by atoms with Crippen molar-refractivity contribution in [3.8, 4) is 11.5 Å². The number of hydrogen-bond acceptors (Lipinski definition) is 6. The lowest BCUT2D eigenvalue weighted by atomic mass is 10.00. The van der Waals surface area contributed by atoms with E-state index in [4.69, 9.17) is 14.6 Å². The van der Waals surface area contributed by atoms with Crippen LogP contribution in [0, 0.1) is 0 Å². The van der Waals surface area contributed by atoms with Gasteiger partial charge in [0.2, 0.25) is 10.0 Å². The Labute approximate surface area is 190 Å². The minimum Gasteiger partial charge on any atom is -0.489 e. The Morgan fingerprint density at radius 2 is 1.81 bits per heavy atom. The van der Waals surface area contributed by atoms with Crippen molar-refractivity contribution in [3.05, 3.63) is 89.5 Å². The zero-order valence-corrected chi connectivity index (χ0v) is 18.6. The van der Waals surface area contributed by atoms with Crippen LogP contribution in [0.1, 0.15) is 21.9 Å². The Hall–Kier alpha value is -3.01. The minimum atomic E-state index is -3.58. The first-order valence-corrected chi connectivity index (χ1v) is 12.4. The van der Waals surface area contributed by atoms with Crippen LogP contribution in [0.3, 0.4) is 0 Å². The van der Waals surface area contributed by atoms with E-state index < -0.39 is 16.2 Å². The van der Waals surface area contributed by atoms with Gasteiger partial charge in [-0.05, 0) is 41.5 Å². The number of benzene rings is 3. The first kappa shape index (κ1) is 22.2. The van der Waals surface area contributed by atoms with E-state index in [1.54, 1.807) is 60.3 Å². The molecule has 3 aromatic rings. The van der Waals surface area contributed by atoms with Gasteiger partial charge in [0.25, 0.3) is 0 Å². The van der Waals surface area contributed by atoms with Crippen LogP contribution in [0.4, 0.5) is 4.79 Å². The van der Waals surface area contributed by atoms with Gasteiger partial charge < -0.3 is 14.6 Å². The van der Waals surface area contributed by atoms with Gasteiger partial charge >= 0.3 is 6.16 Å². The fraction of sp³-hybridized carbons (Fsp3) is 0.174. The second-order valence-electron chi connectivity index (χ2n) is 7.02. The fourth-order valence-corrected chi connectivity index (χ4v) is 5.90. The van der Waals surface area contributed by atoms with Crippen molar-refractivity contribution in [1.29, 1.82) is 0 Å². The molecular formula is C23H21NO6S2. The van der Waals surface area contributed by atoms with Crippen LogP contribution in [0.15, 0.2) is 77.7 Å². The van der Waals surface area contributed by atoms with E-state index in [9.17, 15) is 13.2 Å². The first-order chi connectivity index (χ1) is 15.4. The molecule has 1 unspecified atom stereocenters. The summed E-state index contributed by atoms with van der Waals surface area (Å²) in [6.07, 6.45) is -1.39. The molecule has 7 nitrogen and oxygen atoms in total. The van der Waals surface area contributed by atoms with Crippen molar-refractivity contribution < 1.29 is 27.8 Å². The molecule has 1 aliphatic rings. The lowest BCUT2D eigenvalue weighted by Crippen LogP contribution is -2.26. The number of ether oxygens (including phenoxy) is 2. The third-order valence-electron chi connectivity index (χ3n) is 4.92. The predicted octanol–water partition coefficient (Wildman–Crippen LogP) is 4.44. The predicted molar refractivity (Wildman–Crippen MR) is 122 cm³/mol. The zero-order chi connectivity index (χ0) is 22.6. The molecule has 0 amide bonds. The Balaban J connectivity index is 1.55. The number of hydrogen-bond donors (Lipinski definition) is 2. The van der Waals surface area contributed by atoms with Crippen LogP contribution in [0.25, 0.3) is 0 Å². The quantitative estimate of drug-likeness (QED) is 0.298. The van der Waals surface area contributed by atoms with Crippen LogP contribution >= 0.6 is 11.8 Å². The summed E-state index contributed by atoms with van der Waals surface area (Å²) in [6.45, 7) is 0.627. The van der Waals surface area contributed by atoms with E-state index in [-0.39, 0.29) is 22.4 Å². The largest absolute Gasteiger partial charge is 0.511 e. The van der Waals surface area contributed by atoms with Crippen molar-refractivity contribution in [1.82, 2.24) is 4.72 Å². The molecule has 3 aromatic carbocycles. The molecule has 0 aromatic heterocycles. The molecule has 166 valence electrons. The Kier molecular flexibility index (Phi) is 6.69. The van der Waals surface area contributed by atoms with Crippen molar-refractivity contribution in [2.24, 2.45) is 0 Å². The van der Waals surface area contributed by atoms with Crippen molar-refractivity contribution in [2.45, 2.75) is 16.8 Å². The van der Waals surface area contributed by atoms with E-state index >= 15 is 0 Å². The first-order valence-electron chi connectivity index (χ1n) is 9.86. The van der Waals surface area contributed by atoms with Crippen LogP contribution in [0.5, 0.6) is 11.5 Å². The van der Waals surface area contributed by atoms with Gasteiger partial charge in [0, 0.05) is 17.9 Å². The molecule has 32 heavy (non-hydrogen) atoms. The van der Waals surface area contributed by atoms with Gasteiger partial charge in [-0.3, -0.25) is 0 Å². The molecule has 9 heteroatoms. The smallest absolute Gasteiger partial charge is 0.489 e. The average Bonchev–Trinajstić information content (AvgIpc) is 2.94. The molecule has 1 atom stereocenters. The highest BCUT2D eigenvalue weighted by atomic mass is 32.2. The van der Waals surface area contributed by atoms with Crippen molar-refractivity contribution in [2.75, 3.05) is 12.3 Å². The number of nitrogens with one attached hydrogen (secondary N) is 1. The topological polar surface area (TPSA) is 102 Å². The molecule has 0 spiro atoms. The molecule has 0 fully saturated rings. The van der Waals surface area contributed by atoms with E-state index in [0.29, 0.717) is 18.1 Å². The summed E-state index contributed by atoms with van der Waals surface area (Å²) in [7, 11) is -3.58. The van der Waals surface area contributed by atoms with Gasteiger partial charge in [0.1, 0.15) is 18.1 Å². The normalized spacial score (nSPS) is 15.1. The molecule has 1 aliphatic heterocycles. The lowest BCUT2D eigenvalue weighted by Gasteiger charge is -2.19. The van der Waals surface area contributed by atoms with Gasteiger partial charge in [0.05, 0.1) is 10.1 Å². The molecule has 0 radical (unpaired) electrons. The second-order valence-corrected chi connectivity index (χ2v) is 10.00. The van der Waals surface area contributed by atoms with E-state index in [1.807, 2.05) is 24.3 Å². The van der Waals surface area contributed by atoms with Gasteiger partial charge in [-0.15, -0.1) is 11.8 Å². The summed E-state index contributed by atoms with van der Waals surface area (Å²) >= 11 is 1.55. The summed E-state index contributed by atoms with van der Waals surface area (Å²) in [6, 6.07) is 21.0. The third-order valence-corrected chi connectivity index (χ3v) is 7.68. The van der Waals surface area contributed by atoms with Crippen LogP contribution in [-0.4, -0.2) is 32.0 Å². The minimum absolute atomic E-state index is 0.178. The molecule has 2 N–H and O–H groups in total. The summed E-state index contributed by atoms with van der Waals surface area (Å²) < 4.78 is 38.4. The van der Waals surface area contributed by atoms with Gasteiger partial charge in [-0.1, -0.05) is 42.5 Å². The molecule has 0 saturated carbocycles. The summed E-state index contributed by atoms with van der Waals surface area (Å²) in [5.41, 5.74) is 2.84. The average molecular weight is 472 g/mol. The number of fused-ring (bicyclic) bond motifs is 2. The van der Waals surface area contributed by atoms with Crippen LogP contribution in [-0.2, 0) is 16.6 Å². The lowest BCUT2D eigenvalue weighted by molar-refractivity contribution is 0.144. The molecule has 0 bridgehead atoms. The highest BCUT2D eigenvalue weighted by Crippen LogP contribution is 2.45. The second kappa shape index (κ2) is 9.64. The third kappa shape index (κ3) is 5.07. The van der Waals surface area contributed by atoms with Crippen LogP contribution < -0.4 is 14.2 Å². The number of sulfonamides is 1. The number of carboxylic acid groups (broad SMARTS) is 1. The number of thioether (sulfide) groups is 1.